The summed E-state index contributed by atoms with van der Waals surface area (Å²) in [6.45, 7) is 3.29. The second kappa shape index (κ2) is 5.42. The zero-order chi connectivity index (χ0) is 14.1. The first-order valence-electron chi connectivity index (χ1n) is 4.96. The summed E-state index contributed by atoms with van der Waals surface area (Å²) in [6.07, 6.45) is 0. The number of halogens is 3. The minimum Gasteiger partial charge on any atom is -0.324 e. The number of nitrogens with one attached hydrogen (secondary N) is 1. The molecule has 102 valence electrons. The Morgan fingerprint density at radius 3 is 2.56 bits per heavy atom. The van der Waals surface area contributed by atoms with Gasteiger partial charge in [0.1, 0.15) is 10.7 Å². The Morgan fingerprint density at radius 2 is 2.06 bits per heavy atom. The molecule has 1 aromatic carbocycles. The van der Waals surface area contributed by atoms with Crippen LogP contribution in [0.3, 0.4) is 0 Å². The molecule has 8 heteroatoms. The summed E-state index contributed by atoms with van der Waals surface area (Å²) < 4.78 is 39.9. The zero-order valence-electron chi connectivity index (χ0n) is 9.80. The van der Waals surface area contributed by atoms with Gasteiger partial charge in [-0.15, -0.1) is 0 Å². The third kappa shape index (κ3) is 4.17. The molecule has 0 aliphatic rings. The average Bonchev–Trinajstić information content (AvgIpc) is 2.19. The summed E-state index contributed by atoms with van der Waals surface area (Å²) in [6, 6.07) is 2.05. The summed E-state index contributed by atoms with van der Waals surface area (Å²) in [5.41, 5.74) is 4.93. The van der Waals surface area contributed by atoms with Gasteiger partial charge in [0.2, 0.25) is 10.0 Å². The quantitative estimate of drug-likeness (QED) is 0.810. The lowest BCUT2D eigenvalue weighted by Crippen LogP contribution is -2.45. The Hall–Kier alpha value is -0.210. The third-order valence-electron chi connectivity index (χ3n) is 1.98. The molecule has 0 bridgehead atoms. The van der Waals surface area contributed by atoms with E-state index < -0.39 is 26.3 Å². The molecule has 0 saturated heterocycles. The summed E-state index contributed by atoms with van der Waals surface area (Å²) >= 11 is 8.76. The second-order valence-electron chi connectivity index (χ2n) is 4.51. The van der Waals surface area contributed by atoms with E-state index in [4.69, 9.17) is 17.3 Å². The van der Waals surface area contributed by atoms with E-state index in [9.17, 15) is 12.8 Å². The molecule has 4 nitrogen and oxygen atoms in total. The molecule has 0 heterocycles. The molecule has 18 heavy (non-hydrogen) atoms. The van der Waals surface area contributed by atoms with Crippen LogP contribution >= 0.6 is 27.5 Å². The van der Waals surface area contributed by atoms with E-state index in [0.717, 1.165) is 12.1 Å². The van der Waals surface area contributed by atoms with Gasteiger partial charge in [-0.25, -0.2) is 17.5 Å². The Balaban J connectivity index is 3.10. The van der Waals surface area contributed by atoms with E-state index in [1.54, 1.807) is 13.8 Å². The van der Waals surface area contributed by atoms with Gasteiger partial charge < -0.3 is 5.73 Å². The number of hydrogen-bond donors (Lipinski definition) is 2. The topological polar surface area (TPSA) is 72.2 Å². The van der Waals surface area contributed by atoms with Crippen molar-refractivity contribution in [3.8, 4) is 0 Å². The molecule has 0 amide bonds. The van der Waals surface area contributed by atoms with Gasteiger partial charge in [0.15, 0.2) is 0 Å². The van der Waals surface area contributed by atoms with E-state index >= 15 is 0 Å². The zero-order valence-corrected chi connectivity index (χ0v) is 13.0. The van der Waals surface area contributed by atoms with Crippen LogP contribution in [-0.2, 0) is 10.0 Å². The van der Waals surface area contributed by atoms with Crippen molar-refractivity contribution < 1.29 is 12.8 Å². The highest BCUT2D eigenvalue weighted by molar-refractivity contribution is 9.10. The fourth-order valence-corrected chi connectivity index (χ4v) is 2.92. The molecule has 1 rings (SSSR count). The molecule has 0 radical (unpaired) electrons. The maximum absolute atomic E-state index is 13.6. The highest BCUT2D eigenvalue weighted by Crippen LogP contribution is 2.27. The minimum absolute atomic E-state index is 0.0115. The lowest BCUT2D eigenvalue weighted by Gasteiger charge is -2.19. The fraction of sp³-hybridized carbons (Fsp3) is 0.400. The summed E-state index contributed by atoms with van der Waals surface area (Å²) in [7, 11) is -3.97. The first-order chi connectivity index (χ1) is 8.03. The Labute approximate surface area is 119 Å². The largest absolute Gasteiger partial charge is 0.324 e. The van der Waals surface area contributed by atoms with Gasteiger partial charge in [-0.1, -0.05) is 11.6 Å². The Kier molecular flexibility index (Phi) is 4.77. The molecular formula is C10H13BrClFN2O2S. The number of sulfonamides is 1. The maximum atomic E-state index is 13.6. The normalized spacial score (nSPS) is 12.8. The molecule has 0 aromatic heterocycles. The van der Waals surface area contributed by atoms with Gasteiger partial charge in [-0.2, -0.15) is 0 Å². The van der Waals surface area contributed by atoms with Crippen molar-refractivity contribution in [2.24, 2.45) is 5.73 Å². The highest BCUT2D eigenvalue weighted by Gasteiger charge is 2.23. The van der Waals surface area contributed by atoms with Gasteiger partial charge in [0.05, 0.1) is 5.02 Å². The molecule has 3 N–H and O–H groups in total. The molecule has 0 spiro atoms. The summed E-state index contributed by atoms with van der Waals surface area (Å²) in [5.74, 6) is -0.881. The van der Waals surface area contributed by atoms with Gasteiger partial charge in [0, 0.05) is 16.6 Å². The lowest BCUT2D eigenvalue weighted by atomic mass is 10.1. The monoisotopic (exact) mass is 358 g/mol. The van der Waals surface area contributed by atoms with Crippen molar-refractivity contribution in [1.29, 1.82) is 0 Å². The SMILES string of the molecule is CC(C)(N)CNS(=O)(=O)c1cc(Cl)c(Br)cc1F. The predicted octanol–water partition coefficient (Wildman–Crippen LogP) is 2.26. The van der Waals surface area contributed by atoms with Crippen LogP contribution in [0.25, 0.3) is 0 Å². The van der Waals surface area contributed by atoms with Crippen LogP contribution < -0.4 is 10.5 Å². The van der Waals surface area contributed by atoms with Crippen molar-refractivity contribution in [2.75, 3.05) is 6.54 Å². The fourth-order valence-electron chi connectivity index (χ4n) is 1.07. The van der Waals surface area contributed by atoms with Gasteiger partial charge in [-0.05, 0) is 41.9 Å². The standard InChI is InChI=1S/C10H13BrClFN2O2S/c1-10(2,14)5-15-18(16,17)9-4-7(12)6(11)3-8(9)13/h3-4,15H,5,14H2,1-2H3. The molecule has 0 atom stereocenters. The molecule has 1 aromatic rings. The van der Waals surface area contributed by atoms with Crippen molar-refractivity contribution in [2.45, 2.75) is 24.3 Å². The van der Waals surface area contributed by atoms with Gasteiger partial charge in [-0.3, -0.25) is 0 Å². The predicted molar refractivity (Wildman–Crippen MR) is 72.6 cm³/mol. The van der Waals surface area contributed by atoms with Crippen LogP contribution in [0.4, 0.5) is 4.39 Å². The first kappa shape index (κ1) is 15.8. The van der Waals surface area contributed by atoms with Crippen molar-refractivity contribution in [3.05, 3.63) is 27.4 Å². The van der Waals surface area contributed by atoms with Crippen LogP contribution in [0.5, 0.6) is 0 Å². The van der Waals surface area contributed by atoms with Crippen molar-refractivity contribution in [1.82, 2.24) is 4.72 Å². The van der Waals surface area contributed by atoms with Crippen molar-refractivity contribution >= 4 is 37.6 Å². The van der Waals surface area contributed by atoms with E-state index in [-0.39, 0.29) is 11.6 Å². The molecule has 0 aliphatic heterocycles. The molecule has 0 unspecified atom stereocenters. The minimum atomic E-state index is -3.97. The highest BCUT2D eigenvalue weighted by atomic mass is 79.9. The van der Waals surface area contributed by atoms with Crippen LogP contribution in [0.2, 0.25) is 5.02 Å². The van der Waals surface area contributed by atoms with Crippen LogP contribution in [-0.4, -0.2) is 20.5 Å². The molecule has 0 fully saturated rings. The lowest BCUT2D eigenvalue weighted by molar-refractivity contribution is 0.494. The van der Waals surface area contributed by atoms with Crippen LogP contribution in [0, 0.1) is 5.82 Å². The number of benzene rings is 1. The van der Waals surface area contributed by atoms with Crippen LogP contribution in [0.1, 0.15) is 13.8 Å². The molecular weight excluding hydrogens is 347 g/mol. The second-order valence-corrected chi connectivity index (χ2v) is 7.51. The number of hydrogen-bond acceptors (Lipinski definition) is 3. The van der Waals surface area contributed by atoms with E-state index in [1.165, 1.54) is 0 Å². The van der Waals surface area contributed by atoms with Crippen LogP contribution in [0.15, 0.2) is 21.5 Å². The maximum Gasteiger partial charge on any atom is 0.243 e. The third-order valence-corrected chi connectivity index (χ3v) is 4.60. The van der Waals surface area contributed by atoms with Gasteiger partial charge in [0.25, 0.3) is 0 Å². The van der Waals surface area contributed by atoms with E-state index in [1.807, 2.05) is 0 Å². The average molecular weight is 360 g/mol. The summed E-state index contributed by atoms with van der Waals surface area (Å²) in [4.78, 5) is -0.500. The molecule has 0 aliphatic carbocycles. The van der Waals surface area contributed by atoms with Gasteiger partial charge >= 0.3 is 0 Å². The smallest absolute Gasteiger partial charge is 0.243 e. The number of nitrogens with two attached hydrogens (primary N) is 1. The number of rotatable bonds is 4. The first-order valence-corrected chi connectivity index (χ1v) is 7.61. The van der Waals surface area contributed by atoms with E-state index in [2.05, 4.69) is 20.7 Å². The summed E-state index contributed by atoms with van der Waals surface area (Å²) in [5, 5.41) is 0.115. The Morgan fingerprint density at radius 1 is 1.50 bits per heavy atom. The molecule has 0 saturated carbocycles. The van der Waals surface area contributed by atoms with Crippen molar-refractivity contribution in [3.63, 3.8) is 0 Å². The van der Waals surface area contributed by atoms with E-state index in [0.29, 0.717) is 4.47 Å². The Bertz CT molecular complexity index is 558.